The van der Waals surface area contributed by atoms with E-state index >= 15 is 0 Å². The summed E-state index contributed by atoms with van der Waals surface area (Å²) in [5, 5.41) is 3.27. The zero-order chi connectivity index (χ0) is 14.3. The molecule has 1 heterocycles. The summed E-state index contributed by atoms with van der Waals surface area (Å²) in [4.78, 5) is 6.60. The van der Waals surface area contributed by atoms with Gasteiger partial charge in [0.25, 0.3) is 0 Å². The summed E-state index contributed by atoms with van der Waals surface area (Å²) >= 11 is 3.48. The maximum atomic E-state index is 5.25. The largest absolute Gasteiger partial charge is 0.357 e. The van der Waals surface area contributed by atoms with Crippen LogP contribution >= 0.6 is 15.9 Å². The molecular weight excluding hydrogens is 304 g/mol. The highest BCUT2D eigenvalue weighted by molar-refractivity contribution is 9.10. The third-order valence-corrected chi connectivity index (χ3v) is 3.12. The fraction of sp³-hybridized carbons (Fsp3) is 0.500. The third kappa shape index (κ3) is 4.99. The lowest BCUT2D eigenvalue weighted by atomic mass is 10.4. The van der Waals surface area contributed by atoms with Crippen molar-refractivity contribution in [3.05, 3.63) is 22.4 Å². The second-order valence-electron chi connectivity index (χ2n) is 4.31. The first-order chi connectivity index (χ1) is 9.08. The number of nitrogens with one attached hydrogen (secondary N) is 1. The summed E-state index contributed by atoms with van der Waals surface area (Å²) in [6.07, 6.45) is 7.96. The minimum atomic E-state index is 0.653. The molecule has 0 spiro atoms. The van der Waals surface area contributed by atoms with Gasteiger partial charge in [-0.2, -0.15) is 0 Å². The molecule has 104 valence electrons. The predicted octanol–water partition coefficient (Wildman–Crippen LogP) is 2.21. The molecule has 0 fully saturated rings. The number of rotatable bonds is 5. The molecule has 0 unspecified atom stereocenters. The number of aryl methyl sites for hydroxylation is 1. The zero-order valence-corrected chi connectivity index (χ0v) is 13.4. The summed E-state index contributed by atoms with van der Waals surface area (Å²) in [7, 11) is 4.06. The highest BCUT2D eigenvalue weighted by atomic mass is 79.9. The smallest absolute Gasteiger partial charge is 0.194 e. The first-order valence-electron chi connectivity index (χ1n) is 6.32. The molecule has 0 saturated carbocycles. The Morgan fingerprint density at radius 2 is 2.37 bits per heavy atom. The number of hydrogen-bond donors (Lipinski definition) is 1. The third-order valence-electron chi connectivity index (χ3n) is 2.69. The Labute approximate surface area is 124 Å². The first-order valence-corrected chi connectivity index (χ1v) is 7.11. The molecule has 1 rings (SSSR count). The monoisotopic (exact) mass is 324 g/mol. The van der Waals surface area contributed by atoms with Crippen LogP contribution in [0.25, 0.3) is 0 Å². The molecular formula is C14H21BrN4. The van der Waals surface area contributed by atoms with Crippen molar-refractivity contribution in [1.29, 1.82) is 0 Å². The number of aliphatic imine (C=N–C) groups is 1. The van der Waals surface area contributed by atoms with Gasteiger partial charge in [0, 0.05) is 43.4 Å². The number of terminal acetylenes is 1. The maximum absolute atomic E-state index is 5.25. The lowest BCUT2D eigenvalue weighted by Crippen LogP contribution is -2.38. The lowest BCUT2D eigenvalue weighted by Gasteiger charge is -2.22. The molecule has 0 atom stereocenters. The van der Waals surface area contributed by atoms with Gasteiger partial charge in [0.15, 0.2) is 5.96 Å². The van der Waals surface area contributed by atoms with Crippen LogP contribution in [0.3, 0.4) is 0 Å². The summed E-state index contributed by atoms with van der Waals surface area (Å²) in [5.41, 5.74) is 1.22. The second-order valence-corrected chi connectivity index (χ2v) is 5.22. The van der Waals surface area contributed by atoms with E-state index in [2.05, 4.69) is 54.6 Å². The Hall–Kier alpha value is -1.41. The van der Waals surface area contributed by atoms with E-state index in [1.165, 1.54) is 5.69 Å². The van der Waals surface area contributed by atoms with Crippen molar-refractivity contribution in [3.63, 3.8) is 0 Å². The zero-order valence-electron chi connectivity index (χ0n) is 11.8. The normalized spacial score (nSPS) is 11.2. The van der Waals surface area contributed by atoms with E-state index in [4.69, 9.17) is 6.42 Å². The van der Waals surface area contributed by atoms with E-state index in [0.29, 0.717) is 13.0 Å². The Kier molecular flexibility index (Phi) is 6.51. The topological polar surface area (TPSA) is 32.6 Å². The van der Waals surface area contributed by atoms with Crippen LogP contribution < -0.4 is 5.32 Å². The molecule has 5 heteroatoms. The van der Waals surface area contributed by atoms with Crippen LogP contribution in [0.5, 0.6) is 0 Å². The van der Waals surface area contributed by atoms with Gasteiger partial charge in [-0.15, -0.1) is 12.3 Å². The molecule has 4 nitrogen and oxygen atoms in total. The Morgan fingerprint density at radius 3 is 2.89 bits per heavy atom. The fourth-order valence-corrected chi connectivity index (χ4v) is 2.31. The average molecular weight is 325 g/mol. The van der Waals surface area contributed by atoms with E-state index in [1.807, 2.05) is 20.3 Å². The molecule has 0 aliphatic rings. The van der Waals surface area contributed by atoms with Crippen molar-refractivity contribution in [2.75, 3.05) is 20.1 Å². The molecule has 0 aliphatic carbocycles. The van der Waals surface area contributed by atoms with Crippen LogP contribution in [0, 0.1) is 12.3 Å². The van der Waals surface area contributed by atoms with Crippen LogP contribution in [0.2, 0.25) is 0 Å². The standard InChI is InChI=1S/C14H21BrN4/c1-5-7-8-17-14(16-6-2)19(4)11-13-9-12(15)10-18(13)3/h1,9-10H,6-8,11H2,2-4H3,(H,16,17). The fourth-order valence-electron chi connectivity index (χ4n) is 1.74. The number of aromatic nitrogens is 1. The van der Waals surface area contributed by atoms with Gasteiger partial charge in [-0.25, -0.2) is 0 Å². The summed E-state index contributed by atoms with van der Waals surface area (Å²) < 4.78 is 3.19. The van der Waals surface area contributed by atoms with Crippen molar-refractivity contribution >= 4 is 21.9 Å². The van der Waals surface area contributed by atoms with Gasteiger partial charge in [0.2, 0.25) is 0 Å². The Balaban J connectivity index is 2.71. The van der Waals surface area contributed by atoms with E-state index in [0.717, 1.165) is 23.5 Å². The van der Waals surface area contributed by atoms with Gasteiger partial charge in [-0.1, -0.05) is 0 Å². The van der Waals surface area contributed by atoms with Crippen molar-refractivity contribution in [3.8, 4) is 12.3 Å². The molecule has 1 aromatic heterocycles. The number of hydrogen-bond acceptors (Lipinski definition) is 1. The molecule has 0 saturated heterocycles. The Bertz CT molecular complexity index is 470. The van der Waals surface area contributed by atoms with E-state index in [9.17, 15) is 0 Å². The molecule has 0 bridgehead atoms. The molecule has 19 heavy (non-hydrogen) atoms. The van der Waals surface area contributed by atoms with Gasteiger partial charge in [-0.3, -0.25) is 4.99 Å². The molecule has 0 radical (unpaired) electrons. The number of guanidine groups is 1. The highest BCUT2D eigenvalue weighted by Crippen LogP contribution is 2.14. The summed E-state index contributed by atoms with van der Waals surface area (Å²) in [6, 6.07) is 2.11. The number of nitrogens with zero attached hydrogens (tertiary/aromatic N) is 3. The van der Waals surface area contributed by atoms with Crippen molar-refractivity contribution in [2.24, 2.45) is 12.0 Å². The quantitative estimate of drug-likeness (QED) is 0.390. The van der Waals surface area contributed by atoms with E-state index in [-0.39, 0.29) is 0 Å². The lowest BCUT2D eigenvalue weighted by molar-refractivity contribution is 0.462. The van der Waals surface area contributed by atoms with Crippen LogP contribution in [0.4, 0.5) is 0 Å². The van der Waals surface area contributed by atoms with Crippen molar-refractivity contribution in [2.45, 2.75) is 19.9 Å². The molecule has 0 amide bonds. The average Bonchev–Trinajstić information content (AvgIpc) is 2.67. The van der Waals surface area contributed by atoms with Crippen molar-refractivity contribution in [1.82, 2.24) is 14.8 Å². The second kappa shape index (κ2) is 7.90. The molecule has 0 aromatic carbocycles. The van der Waals surface area contributed by atoms with Gasteiger partial charge >= 0.3 is 0 Å². The van der Waals surface area contributed by atoms with Gasteiger partial charge < -0.3 is 14.8 Å². The molecule has 1 aromatic rings. The Morgan fingerprint density at radius 1 is 1.63 bits per heavy atom. The molecule has 1 N–H and O–H groups in total. The van der Waals surface area contributed by atoms with E-state index < -0.39 is 0 Å². The minimum Gasteiger partial charge on any atom is -0.357 e. The van der Waals surface area contributed by atoms with Crippen LogP contribution in [0.1, 0.15) is 19.0 Å². The maximum Gasteiger partial charge on any atom is 0.194 e. The van der Waals surface area contributed by atoms with Crippen molar-refractivity contribution < 1.29 is 0 Å². The summed E-state index contributed by atoms with van der Waals surface area (Å²) in [6.45, 7) is 4.35. The van der Waals surface area contributed by atoms with Crippen LogP contribution in [0.15, 0.2) is 21.7 Å². The van der Waals surface area contributed by atoms with Crippen LogP contribution in [-0.2, 0) is 13.6 Å². The first kappa shape index (κ1) is 15.6. The number of halogens is 1. The van der Waals surface area contributed by atoms with Gasteiger partial charge in [-0.05, 0) is 28.9 Å². The molecule has 0 aliphatic heterocycles. The minimum absolute atomic E-state index is 0.653. The van der Waals surface area contributed by atoms with Gasteiger partial charge in [0.1, 0.15) is 0 Å². The SMILES string of the molecule is C#CCCN=C(NCC)N(C)Cc1cc(Br)cn1C. The predicted molar refractivity (Wildman–Crippen MR) is 84.0 cm³/mol. The van der Waals surface area contributed by atoms with E-state index in [1.54, 1.807) is 0 Å². The van der Waals surface area contributed by atoms with Gasteiger partial charge in [0.05, 0.1) is 13.1 Å². The summed E-state index contributed by atoms with van der Waals surface area (Å²) in [5.74, 6) is 3.49. The highest BCUT2D eigenvalue weighted by Gasteiger charge is 2.09. The van der Waals surface area contributed by atoms with Crippen LogP contribution in [-0.4, -0.2) is 35.6 Å².